The van der Waals surface area contributed by atoms with E-state index in [0.29, 0.717) is 33.6 Å². The van der Waals surface area contributed by atoms with Gasteiger partial charge in [0.15, 0.2) is 5.01 Å². The average Bonchev–Trinajstić information content (AvgIpc) is 3.33. The van der Waals surface area contributed by atoms with Crippen molar-refractivity contribution in [2.75, 3.05) is 5.32 Å². The van der Waals surface area contributed by atoms with Gasteiger partial charge in [-0.2, -0.15) is 0 Å². The topological polar surface area (TPSA) is 106 Å². The van der Waals surface area contributed by atoms with Crippen molar-refractivity contribution in [1.29, 1.82) is 0 Å². The lowest BCUT2D eigenvalue weighted by molar-refractivity contribution is 0.0950. The number of ether oxygens (including phenoxy) is 1. The van der Waals surface area contributed by atoms with Crippen molar-refractivity contribution in [3.8, 4) is 5.75 Å². The van der Waals surface area contributed by atoms with Crippen molar-refractivity contribution in [3.63, 3.8) is 0 Å². The Kier molecular flexibility index (Phi) is 7.23. The number of carbonyl (C=O) groups excluding carboxylic acids is 2. The molecule has 2 aromatic carbocycles. The lowest BCUT2D eigenvalue weighted by atomic mass is 10.2. The number of hydrogen-bond donors (Lipinski definition) is 2. The van der Waals surface area contributed by atoms with Crippen molar-refractivity contribution >= 4 is 40.4 Å². The van der Waals surface area contributed by atoms with E-state index in [9.17, 15) is 9.59 Å². The van der Waals surface area contributed by atoms with Gasteiger partial charge in [-0.15, -0.1) is 10.2 Å². The number of nitrogens with one attached hydrogen (secondary N) is 2. The number of aromatic nitrogens is 3. The highest BCUT2D eigenvalue weighted by atomic mass is 35.5. The van der Waals surface area contributed by atoms with Crippen molar-refractivity contribution in [2.45, 2.75) is 13.2 Å². The molecule has 0 aliphatic heterocycles. The molecule has 0 aliphatic carbocycles. The van der Waals surface area contributed by atoms with Crippen molar-refractivity contribution < 1.29 is 14.3 Å². The molecule has 2 heterocycles. The number of benzene rings is 2. The van der Waals surface area contributed by atoms with Gasteiger partial charge in [0.2, 0.25) is 5.01 Å². The molecule has 166 valence electrons. The predicted octanol–water partition coefficient (Wildman–Crippen LogP) is 4.35. The molecule has 33 heavy (non-hydrogen) atoms. The SMILES string of the molecule is O=C(NCc1cccnc1)c1ccc(NC(=O)c2nnc(COc3ccc(Cl)cc3)s2)cc1. The lowest BCUT2D eigenvalue weighted by Gasteiger charge is -2.07. The first kappa shape index (κ1) is 22.4. The Labute approximate surface area is 198 Å². The maximum absolute atomic E-state index is 12.5. The van der Waals surface area contributed by atoms with Crippen LogP contribution in [0.25, 0.3) is 0 Å². The summed E-state index contributed by atoms with van der Waals surface area (Å²) in [7, 11) is 0. The Morgan fingerprint density at radius 3 is 2.48 bits per heavy atom. The second-order valence-electron chi connectivity index (χ2n) is 6.82. The van der Waals surface area contributed by atoms with E-state index in [0.717, 1.165) is 16.9 Å². The Balaban J connectivity index is 1.28. The number of pyridine rings is 1. The van der Waals surface area contributed by atoms with Gasteiger partial charge in [-0.1, -0.05) is 29.0 Å². The average molecular weight is 480 g/mol. The fourth-order valence-corrected chi connectivity index (χ4v) is 3.53. The Hall–Kier alpha value is -3.82. The smallest absolute Gasteiger partial charge is 0.286 e. The first-order valence-corrected chi connectivity index (χ1v) is 11.1. The summed E-state index contributed by atoms with van der Waals surface area (Å²) in [5.74, 6) is 0.0374. The van der Waals surface area contributed by atoms with Crippen molar-refractivity contribution in [1.82, 2.24) is 20.5 Å². The van der Waals surface area contributed by atoms with Gasteiger partial charge in [0, 0.05) is 35.2 Å². The van der Waals surface area contributed by atoms with Crippen LogP contribution in [-0.2, 0) is 13.2 Å². The molecule has 0 unspecified atom stereocenters. The standard InChI is InChI=1S/C23H18ClN5O3S/c24-17-5-9-19(10-6-17)32-14-20-28-29-23(33-20)22(31)27-18-7-3-16(4-8-18)21(30)26-13-15-2-1-11-25-12-15/h1-12H,13-14H2,(H,26,30)(H,27,31). The molecule has 10 heteroatoms. The molecule has 2 aromatic heterocycles. The molecule has 2 N–H and O–H groups in total. The van der Waals surface area contributed by atoms with Crippen LogP contribution >= 0.6 is 22.9 Å². The third kappa shape index (κ3) is 6.34. The molecular formula is C23H18ClN5O3S. The van der Waals surface area contributed by atoms with Crippen LogP contribution in [0.4, 0.5) is 5.69 Å². The fraction of sp³-hybridized carbons (Fsp3) is 0.0870. The summed E-state index contributed by atoms with van der Waals surface area (Å²) in [6.07, 6.45) is 3.37. The molecule has 0 fully saturated rings. The van der Waals surface area contributed by atoms with Gasteiger partial charge in [-0.3, -0.25) is 14.6 Å². The van der Waals surface area contributed by atoms with E-state index in [1.54, 1.807) is 60.9 Å². The van der Waals surface area contributed by atoms with E-state index >= 15 is 0 Å². The molecule has 0 saturated heterocycles. The zero-order valence-electron chi connectivity index (χ0n) is 17.2. The summed E-state index contributed by atoms with van der Waals surface area (Å²) >= 11 is 6.99. The van der Waals surface area contributed by atoms with Gasteiger partial charge in [-0.05, 0) is 60.2 Å². The van der Waals surface area contributed by atoms with E-state index in [1.807, 2.05) is 12.1 Å². The molecule has 0 saturated carbocycles. The number of halogens is 1. The number of carbonyl (C=O) groups is 2. The summed E-state index contributed by atoms with van der Waals surface area (Å²) in [6, 6.07) is 17.2. The number of rotatable bonds is 8. The summed E-state index contributed by atoms with van der Waals surface area (Å²) in [6.45, 7) is 0.571. The van der Waals surface area contributed by atoms with Crippen LogP contribution in [0.15, 0.2) is 73.1 Å². The molecule has 0 radical (unpaired) electrons. The molecule has 4 aromatic rings. The number of hydrogen-bond acceptors (Lipinski definition) is 7. The second kappa shape index (κ2) is 10.7. The number of nitrogens with zero attached hydrogens (tertiary/aromatic N) is 3. The molecule has 4 rings (SSSR count). The summed E-state index contributed by atoms with van der Waals surface area (Å²) in [4.78, 5) is 28.8. The Morgan fingerprint density at radius 1 is 0.970 bits per heavy atom. The molecule has 0 aliphatic rings. The first-order chi connectivity index (χ1) is 16.1. The Bertz CT molecular complexity index is 1230. The maximum atomic E-state index is 12.5. The van der Waals surface area contributed by atoms with Crippen LogP contribution in [0.5, 0.6) is 5.75 Å². The molecule has 0 bridgehead atoms. The highest BCUT2D eigenvalue weighted by molar-refractivity contribution is 7.13. The third-order valence-corrected chi connectivity index (χ3v) is 5.57. The zero-order chi connectivity index (χ0) is 23.0. The van der Waals surface area contributed by atoms with E-state index in [4.69, 9.17) is 16.3 Å². The second-order valence-corrected chi connectivity index (χ2v) is 8.32. The van der Waals surface area contributed by atoms with E-state index in [2.05, 4.69) is 25.8 Å². The van der Waals surface area contributed by atoms with Crippen molar-refractivity contribution in [2.24, 2.45) is 0 Å². The highest BCUT2D eigenvalue weighted by Gasteiger charge is 2.14. The van der Waals surface area contributed by atoms with Crippen LogP contribution in [0.3, 0.4) is 0 Å². The first-order valence-electron chi connectivity index (χ1n) is 9.86. The van der Waals surface area contributed by atoms with Gasteiger partial charge in [0.05, 0.1) is 0 Å². The van der Waals surface area contributed by atoms with Crippen LogP contribution in [0, 0.1) is 0 Å². The van der Waals surface area contributed by atoms with Crippen molar-refractivity contribution in [3.05, 3.63) is 99.2 Å². The summed E-state index contributed by atoms with van der Waals surface area (Å²) in [5, 5.41) is 14.9. The summed E-state index contributed by atoms with van der Waals surface area (Å²) in [5.41, 5.74) is 1.93. The summed E-state index contributed by atoms with van der Waals surface area (Å²) < 4.78 is 5.62. The minimum atomic E-state index is -0.390. The molecular weight excluding hydrogens is 462 g/mol. The monoisotopic (exact) mass is 479 g/mol. The normalized spacial score (nSPS) is 10.5. The zero-order valence-corrected chi connectivity index (χ0v) is 18.8. The molecule has 0 spiro atoms. The number of anilines is 1. The molecule has 0 atom stereocenters. The van der Waals surface area contributed by atoms with Crippen LogP contribution in [0.2, 0.25) is 5.02 Å². The van der Waals surface area contributed by atoms with E-state index < -0.39 is 0 Å². The maximum Gasteiger partial charge on any atom is 0.286 e. The largest absolute Gasteiger partial charge is 0.486 e. The minimum absolute atomic E-state index is 0.190. The predicted molar refractivity (Wildman–Crippen MR) is 125 cm³/mol. The van der Waals surface area contributed by atoms with Gasteiger partial charge in [0.25, 0.3) is 11.8 Å². The minimum Gasteiger partial charge on any atom is -0.486 e. The molecule has 2 amide bonds. The van der Waals surface area contributed by atoms with E-state index in [-0.39, 0.29) is 23.4 Å². The van der Waals surface area contributed by atoms with E-state index in [1.165, 1.54) is 0 Å². The van der Waals surface area contributed by atoms with Gasteiger partial charge < -0.3 is 15.4 Å². The van der Waals surface area contributed by atoms with Gasteiger partial charge in [0.1, 0.15) is 12.4 Å². The third-order valence-electron chi connectivity index (χ3n) is 4.42. The van der Waals surface area contributed by atoms with Gasteiger partial charge in [-0.25, -0.2) is 0 Å². The molecule has 8 nitrogen and oxygen atoms in total. The quantitative estimate of drug-likeness (QED) is 0.389. The number of amides is 2. The van der Waals surface area contributed by atoms with Crippen LogP contribution in [-0.4, -0.2) is 27.0 Å². The van der Waals surface area contributed by atoms with Crippen LogP contribution < -0.4 is 15.4 Å². The fourth-order valence-electron chi connectivity index (χ4n) is 2.76. The van der Waals surface area contributed by atoms with Crippen LogP contribution in [0.1, 0.15) is 30.7 Å². The lowest BCUT2D eigenvalue weighted by Crippen LogP contribution is -2.22. The Morgan fingerprint density at radius 2 is 1.76 bits per heavy atom. The van der Waals surface area contributed by atoms with Gasteiger partial charge >= 0.3 is 0 Å². The highest BCUT2D eigenvalue weighted by Crippen LogP contribution is 2.19.